The Morgan fingerprint density at radius 3 is 2.65 bits per heavy atom. The molecule has 8 heteroatoms. The fourth-order valence-electron chi connectivity index (χ4n) is 1.97. The van der Waals surface area contributed by atoms with Gasteiger partial charge in [0.1, 0.15) is 5.01 Å². The van der Waals surface area contributed by atoms with Gasteiger partial charge in [-0.25, -0.2) is 0 Å². The average Bonchev–Trinajstić information content (AvgIpc) is 2.99. The van der Waals surface area contributed by atoms with E-state index in [0.717, 1.165) is 21.4 Å². The van der Waals surface area contributed by atoms with Gasteiger partial charge in [0.2, 0.25) is 4.96 Å². The number of hydrogen-bond donors (Lipinski definition) is 1. The minimum atomic E-state index is -0.289. The van der Waals surface area contributed by atoms with Crippen molar-refractivity contribution in [2.24, 2.45) is 12.8 Å². The Kier molecular flexibility index (Phi) is 2.87. The first-order chi connectivity index (χ1) is 9.36. The SMILES string of the molecule is Cn1cc(C(N)c2nn3c(C(C)(C)C)nnc3s2)cn1. The van der Waals surface area contributed by atoms with Crippen molar-refractivity contribution in [3.8, 4) is 0 Å². The summed E-state index contributed by atoms with van der Waals surface area (Å²) in [6.07, 6.45) is 3.66. The van der Waals surface area contributed by atoms with E-state index in [-0.39, 0.29) is 11.5 Å². The first-order valence-corrected chi connectivity index (χ1v) is 7.14. The molecule has 0 aromatic carbocycles. The summed E-state index contributed by atoms with van der Waals surface area (Å²) in [4.78, 5) is 0.768. The zero-order chi connectivity index (χ0) is 14.5. The van der Waals surface area contributed by atoms with E-state index in [2.05, 4.69) is 41.2 Å². The van der Waals surface area contributed by atoms with Crippen LogP contribution in [0, 0.1) is 0 Å². The second-order valence-electron chi connectivity index (χ2n) is 5.83. The summed E-state index contributed by atoms with van der Waals surface area (Å²) < 4.78 is 3.52. The van der Waals surface area contributed by atoms with Crippen LogP contribution in [0.15, 0.2) is 12.4 Å². The number of nitrogens with zero attached hydrogens (tertiary/aromatic N) is 6. The lowest BCUT2D eigenvalue weighted by Gasteiger charge is -2.13. The Bertz CT molecular complexity index is 745. The summed E-state index contributed by atoms with van der Waals surface area (Å²) in [6.45, 7) is 6.26. The minimum Gasteiger partial charge on any atom is -0.318 e. The molecule has 0 amide bonds. The van der Waals surface area contributed by atoms with Gasteiger partial charge in [-0.3, -0.25) is 4.68 Å². The molecule has 0 aliphatic heterocycles. The Hall–Kier alpha value is -1.80. The highest BCUT2D eigenvalue weighted by Crippen LogP contribution is 2.27. The predicted molar refractivity (Wildman–Crippen MR) is 76.6 cm³/mol. The first-order valence-electron chi connectivity index (χ1n) is 6.33. The zero-order valence-electron chi connectivity index (χ0n) is 11.9. The molecule has 3 aromatic rings. The molecular formula is C12H17N7S. The molecule has 3 rings (SSSR count). The second-order valence-corrected chi connectivity index (χ2v) is 6.82. The summed E-state index contributed by atoms with van der Waals surface area (Å²) in [5, 5.41) is 17.9. The van der Waals surface area contributed by atoms with Gasteiger partial charge < -0.3 is 5.73 Å². The van der Waals surface area contributed by atoms with Gasteiger partial charge in [-0.05, 0) is 0 Å². The van der Waals surface area contributed by atoms with E-state index in [9.17, 15) is 0 Å². The summed E-state index contributed by atoms with van der Waals surface area (Å²) in [5.74, 6) is 0.841. The number of fused-ring (bicyclic) bond motifs is 1. The van der Waals surface area contributed by atoms with E-state index in [1.54, 1.807) is 15.4 Å². The summed E-state index contributed by atoms with van der Waals surface area (Å²) >= 11 is 1.46. The normalized spacial score (nSPS) is 14.1. The maximum absolute atomic E-state index is 6.24. The van der Waals surface area contributed by atoms with Crippen molar-refractivity contribution in [3.05, 3.63) is 28.8 Å². The third-order valence-electron chi connectivity index (χ3n) is 3.03. The van der Waals surface area contributed by atoms with Crippen LogP contribution in [0.4, 0.5) is 0 Å². The number of hydrogen-bond acceptors (Lipinski definition) is 6. The molecule has 106 valence electrons. The molecule has 0 saturated heterocycles. The number of nitrogens with two attached hydrogens (primary N) is 1. The van der Waals surface area contributed by atoms with Crippen molar-refractivity contribution in [2.75, 3.05) is 0 Å². The fourth-order valence-corrected chi connectivity index (χ4v) is 2.84. The molecule has 0 bridgehead atoms. The van der Waals surface area contributed by atoms with Gasteiger partial charge in [-0.2, -0.15) is 14.7 Å². The molecule has 0 radical (unpaired) electrons. The summed E-state index contributed by atoms with van der Waals surface area (Å²) in [6, 6.07) is -0.289. The number of aromatic nitrogens is 6. The van der Waals surface area contributed by atoms with Gasteiger partial charge >= 0.3 is 0 Å². The van der Waals surface area contributed by atoms with Crippen molar-refractivity contribution in [3.63, 3.8) is 0 Å². The molecule has 3 aromatic heterocycles. The van der Waals surface area contributed by atoms with Gasteiger partial charge in [0.05, 0.1) is 12.2 Å². The lowest BCUT2D eigenvalue weighted by atomic mass is 9.96. The summed E-state index contributed by atoms with van der Waals surface area (Å²) in [7, 11) is 1.87. The molecule has 0 aliphatic carbocycles. The van der Waals surface area contributed by atoms with E-state index in [1.165, 1.54) is 11.3 Å². The highest BCUT2D eigenvalue weighted by Gasteiger charge is 2.25. The van der Waals surface area contributed by atoms with Crippen LogP contribution >= 0.6 is 11.3 Å². The van der Waals surface area contributed by atoms with Crippen molar-refractivity contribution in [1.82, 2.24) is 29.6 Å². The second kappa shape index (κ2) is 4.35. The maximum atomic E-state index is 6.24. The lowest BCUT2D eigenvalue weighted by molar-refractivity contribution is 0.526. The molecule has 1 unspecified atom stereocenters. The van der Waals surface area contributed by atoms with Crippen molar-refractivity contribution >= 4 is 16.3 Å². The van der Waals surface area contributed by atoms with Crippen LogP contribution in [0.2, 0.25) is 0 Å². The Morgan fingerprint density at radius 2 is 2.05 bits per heavy atom. The molecule has 0 fully saturated rings. The average molecular weight is 291 g/mol. The highest BCUT2D eigenvalue weighted by molar-refractivity contribution is 7.16. The Balaban J connectivity index is 2.03. The van der Waals surface area contributed by atoms with E-state index < -0.39 is 0 Å². The van der Waals surface area contributed by atoms with Crippen LogP contribution < -0.4 is 5.73 Å². The van der Waals surface area contributed by atoms with Crippen LogP contribution in [0.5, 0.6) is 0 Å². The molecule has 1 atom stereocenters. The Labute approximate surface area is 120 Å². The topological polar surface area (TPSA) is 86.9 Å². The van der Waals surface area contributed by atoms with E-state index in [1.807, 2.05) is 13.2 Å². The van der Waals surface area contributed by atoms with Crippen LogP contribution in [0.1, 0.15) is 43.2 Å². The molecule has 0 aliphatic rings. The van der Waals surface area contributed by atoms with Crippen LogP contribution in [0.3, 0.4) is 0 Å². The van der Waals surface area contributed by atoms with Gasteiger partial charge in [0.25, 0.3) is 0 Å². The van der Waals surface area contributed by atoms with Crippen LogP contribution in [-0.4, -0.2) is 29.6 Å². The van der Waals surface area contributed by atoms with Crippen molar-refractivity contribution in [2.45, 2.75) is 32.2 Å². The smallest absolute Gasteiger partial charge is 0.234 e. The number of aryl methyl sites for hydroxylation is 1. The highest BCUT2D eigenvalue weighted by atomic mass is 32.1. The molecule has 20 heavy (non-hydrogen) atoms. The van der Waals surface area contributed by atoms with E-state index in [0.29, 0.717) is 0 Å². The largest absolute Gasteiger partial charge is 0.318 e. The first kappa shape index (κ1) is 13.2. The predicted octanol–water partition coefficient (Wildman–Crippen LogP) is 1.26. The molecular weight excluding hydrogens is 274 g/mol. The third kappa shape index (κ3) is 2.10. The molecule has 3 heterocycles. The van der Waals surface area contributed by atoms with E-state index >= 15 is 0 Å². The number of rotatable bonds is 2. The lowest BCUT2D eigenvalue weighted by Crippen LogP contribution is -2.17. The van der Waals surface area contributed by atoms with Crippen LogP contribution in [-0.2, 0) is 12.5 Å². The minimum absolute atomic E-state index is 0.108. The van der Waals surface area contributed by atoms with Gasteiger partial charge in [-0.15, -0.1) is 10.2 Å². The van der Waals surface area contributed by atoms with Gasteiger partial charge in [0, 0.05) is 24.2 Å². The van der Waals surface area contributed by atoms with Crippen molar-refractivity contribution in [1.29, 1.82) is 0 Å². The van der Waals surface area contributed by atoms with Gasteiger partial charge in [-0.1, -0.05) is 32.1 Å². The van der Waals surface area contributed by atoms with Crippen LogP contribution in [0.25, 0.3) is 4.96 Å². The molecule has 2 N–H and O–H groups in total. The molecule has 0 saturated carbocycles. The van der Waals surface area contributed by atoms with Gasteiger partial charge in [0.15, 0.2) is 5.82 Å². The van der Waals surface area contributed by atoms with Crippen molar-refractivity contribution < 1.29 is 0 Å². The standard InChI is InChI=1S/C12H17N7S/c1-12(2,3)10-15-16-11-19(10)17-9(20-11)8(13)7-5-14-18(4)6-7/h5-6,8H,13H2,1-4H3. The monoisotopic (exact) mass is 291 g/mol. The molecule has 7 nitrogen and oxygen atoms in total. The third-order valence-corrected chi connectivity index (χ3v) is 4.01. The fraction of sp³-hybridized carbons (Fsp3) is 0.500. The Morgan fingerprint density at radius 1 is 1.30 bits per heavy atom. The molecule has 0 spiro atoms. The van der Waals surface area contributed by atoms with E-state index in [4.69, 9.17) is 5.73 Å². The zero-order valence-corrected chi connectivity index (χ0v) is 12.7. The maximum Gasteiger partial charge on any atom is 0.234 e. The summed E-state index contributed by atoms with van der Waals surface area (Å²) in [5.41, 5.74) is 7.08. The quantitative estimate of drug-likeness (QED) is 0.768.